The maximum Gasteiger partial charge on any atom is 0.323 e. The van der Waals surface area contributed by atoms with E-state index in [1.165, 1.54) is 30.2 Å². The van der Waals surface area contributed by atoms with E-state index in [2.05, 4.69) is 0 Å². The fraction of sp³-hybridized carbons (Fsp3) is 0.259. The topological polar surface area (TPSA) is 76.1 Å². The molecule has 6 nitrogen and oxygen atoms in total. The zero-order chi connectivity index (χ0) is 26.0. The highest BCUT2D eigenvalue weighted by atomic mass is 35.5. The third kappa shape index (κ3) is 5.58. The van der Waals surface area contributed by atoms with E-state index in [9.17, 15) is 19.1 Å². The highest BCUT2D eigenvalue weighted by Crippen LogP contribution is 2.44. The van der Waals surface area contributed by atoms with Crippen LogP contribution in [0.15, 0.2) is 54.6 Å². The Balaban J connectivity index is 1.62. The number of methoxy groups -OCH3 is 1. The van der Waals surface area contributed by atoms with Gasteiger partial charge in [0.1, 0.15) is 18.0 Å². The summed E-state index contributed by atoms with van der Waals surface area (Å²) in [6.07, 6.45) is 0.841. The Bertz CT molecular complexity index is 1330. The lowest BCUT2D eigenvalue weighted by Gasteiger charge is -2.24. The first-order chi connectivity index (χ1) is 17.1. The van der Waals surface area contributed by atoms with Gasteiger partial charge in [0, 0.05) is 35.5 Å². The number of carbonyl (C=O) groups is 2. The van der Waals surface area contributed by atoms with E-state index in [1.807, 2.05) is 6.92 Å². The molecule has 0 unspecified atom stereocenters. The molecule has 1 N–H and O–H groups in total. The van der Waals surface area contributed by atoms with Gasteiger partial charge in [-0.3, -0.25) is 9.59 Å². The highest BCUT2D eigenvalue weighted by Gasteiger charge is 2.38. The molecular formula is C27H24Cl2FNO5. The van der Waals surface area contributed by atoms with E-state index in [0.29, 0.717) is 34.9 Å². The molecule has 0 spiro atoms. The molecule has 1 atom stereocenters. The number of hydrogen-bond donors (Lipinski definition) is 1. The van der Waals surface area contributed by atoms with E-state index in [1.54, 1.807) is 36.4 Å². The summed E-state index contributed by atoms with van der Waals surface area (Å²) in [6.45, 7) is 1.43. The molecule has 0 saturated heterocycles. The molecule has 4 rings (SSSR count). The van der Waals surface area contributed by atoms with Crippen molar-refractivity contribution in [1.29, 1.82) is 0 Å². The van der Waals surface area contributed by atoms with Gasteiger partial charge in [-0.2, -0.15) is 0 Å². The Labute approximate surface area is 218 Å². The van der Waals surface area contributed by atoms with Crippen molar-refractivity contribution >= 4 is 35.1 Å². The first-order valence-electron chi connectivity index (χ1n) is 11.2. The Kier molecular flexibility index (Phi) is 7.43. The van der Waals surface area contributed by atoms with Gasteiger partial charge in [-0.15, -0.1) is 0 Å². The number of aliphatic carboxylic acids is 1. The SMILES string of the molecule is COc1cc(C(=O)N(CC(=O)O)Cc2ccccc2Cl)cc2c1O[C@](C)(Cc1ccc(Cl)c(F)c1)C2. The number of carboxylic acid groups (broad SMARTS) is 1. The minimum atomic E-state index is -1.14. The summed E-state index contributed by atoms with van der Waals surface area (Å²) < 4.78 is 25.7. The number of amides is 1. The van der Waals surface area contributed by atoms with Crippen LogP contribution < -0.4 is 9.47 Å². The van der Waals surface area contributed by atoms with Crippen molar-refractivity contribution < 1.29 is 28.6 Å². The van der Waals surface area contributed by atoms with Crippen molar-refractivity contribution in [3.05, 3.63) is 92.7 Å². The Morgan fingerprint density at radius 1 is 1.14 bits per heavy atom. The number of carboxylic acids is 1. The number of rotatable bonds is 8. The van der Waals surface area contributed by atoms with Crippen LogP contribution >= 0.6 is 23.2 Å². The van der Waals surface area contributed by atoms with Gasteiger partial charge in [-0.25, -0.2) is 4.39 Å². The van der Waals surface area contributed by atoms with Crippen molar-refractivity contribution in [3.63, 3.8) is 0 Å². The van der Waals surface area contributed by atoms with Crippen LogP contribution in [0.4, 0.5) is 4.39 Å². The first-order valence-corrected chi connectivity index (χ1v) is 11.9. The average molecular weight is 532 g/mol. The van der Waals surface area contributed by atoms with Crippen molar-refractivity contribution in [2.24, 2.45) is 0 Å². The molecule has 0 saturated carbocycles. The van der Waals surface area contributed by atoms with Gasteiger partial charge in [-0.1, -0.05) is 47.5 Å². The molecule has 3 aromatic rings. The van der Waals surface area contributed by atoms with Crippen LogP contribution in [0.1, 0.15) is 34.0 Å². The first kappa shape index (κ1) is 25.8. The predicted octanol–water partition coefficient (Wildman–Crippen LogP) is 5.80. The summed E-state index contributed by atoms with van der Waals surface area (Å²) in [6, 6.07) is 14.8. The van der Waals surface area contributed by atoms with Gasteiger partial charge < -0.3 is 19.5 Å². The summed E-state index contributed by atoms with van der Waals surface area (Å²) >= 11 is 12.0. The molecule has 1 aliphatic rings. The smallest absolute Gasteiger partial charge is 0.323 e. The Morgan fingerprint density at radius 2 is 1.89 bits per heavy atom. The lowest BCUT2D eigenvalue weighted by molar-refractivity contribution is -0.137. The molecule has 0 aliphatic carbocycles. The number of benzene rings is 3. The maximum absolute atomic E-state index is 14.0. The van der Waals surface area contributed by atoms with E-state index in [-0.39, 0.29) is 17.1 Å². The van der Waals surface area contributed by atoms with Gasteiger partial charge in [0.15, 0.2) is 11.5 Å². The number of nitrogens with zero attached hydrogens (tertiary/aromatic N) is 1. The van der Waals surface area contributed by atoms with Gasteiger partial charge in [0.05, 0.1) is 12.1 Å². The number of hydrogen-bond acceptors (Lipinski definition) is 4. The zero-order valence-corrected chi connectivity index (χ0v) is 21.2. The van der Waals surface area contributed by atoms with Crippen LogP contribution in [0, 0.1) is 5.82 Å². The van der Waals surface area contributed by atoms with Crippen LogP contribution in [0.5, 0.6) is 11.5 Å². The summed E-state index contributed by atoms with van der Waals surface area (Å²) in [4.78, 5) is 26.2. The molecule has 1 amide bonds. The number of halogens is 3. The van der Waals surface area contributed by atoms with Crippen molar-refractivity contribution in [1.82, 2.24) is 4.90 Å². The number of carbonyl (C=O) groups excluding carboxylic acids is 1. The molecule has 36 heavy (non-hydrogen) atoms. The number of ether oxygens (including phenoxy) is 2. The molecule has 1 heterocycles. The van der Waals surface area contributed by atoms with Gasteiger partial charge in [0.25, 0.3) is 5.91 Å². The van der Waals surface area contributed by atoms with E-state index in [0.717, 1.165) is 11.1 Å². The van der Waals surface area contributed by atoms with Gasteiger partial charge in [-0.05, 0) is 48.4 Å². The lowest BCUT2D eigenvalue weighted by Crippen LogP contribution is -2.35. The quantitative estimate of drug-likeness (QED) is 0.397. The maximum atomic E-state index is 14.0. The summed E-state index contributed by atoms with van der Waals surface area (Å²) in [5.41, 5.74) is 1.64. The summed E-state index contributed by atoms with van der Waals surface area (Å²) in [7, 11) is 1.47. The molecule has 1 aliphatic heterocycles. The van der Waals surface area contributed by atoms with Crippen LogP contribution in [0.2, 0.25) is 10.0 Å². The van der Waals surface area contributed by atoms with Crippen LogP contribution in [-0.2, 0) is 24.2 Å². The molecule has 0 bridgehead atoms. The fourth-order valence-electron chi connectivity index (χ4n) is 4.43. The predicted molar refractivity (Wildman–Crippen MR) is 135 cm³/mol. The van der Waals surface area contributed by atoms with E-state index >= 15 is 0 Å². The minimum Gasteiger partial charge on any atom is -0.493 e. The van der Waals surface area contributed by atoms with Gasteiger partial charge in [0.2, 0.25) is 0 Å². The summed E-state index contributed by atoms with van der Waals surface area (Å²) in [5.74, 6) is -1.27. The van der Waals surface area contributed by atoms with Crippen LogP contribution in [0.25, 0.3) is 0 Å². The van der Waals surface area contributed by atoms with Crippen molar-refractivity contribution in [3.8, 4) is 11.5 Å². The molecule has 0 fully saturated rings. The monoisotopic (exact) mass is 531 g/mol. The third-order valence-corrected chi connectivity index (χ3v) is 6.68. The molecular weight excluding hydrogens is 508 g/mol. The Morgan fingerprint density at radius 3 is 2.56 bits per heavy atom. The minimum absolute atomic E-state index is 0.0283. The Hall–Kier alpha value is -3.29. The molecule has 9 heteroatoms. The number of fused-ring (bicyclic) bond motifs is 1. The standard InChI is InChI=1S/C27H24Cl2FNO5/c1-27(12-16-7-8-21(29)22(30)9-16)13-19-10-18(11-23(35-2)25(19)36-27)26(34)31(15-24(32)33)14-17-5-3-4-6-20(17)28/h3-11H,12-15H2,1-2H3,(H,32,33)/t27-/m1/s1. The van der Waals surface area contributed by atoms with Crippen molar-refractivity contribution in [2.45, 2.75) is 31.9 Å². The van der Waals surface area contributed by atoms with E-state index < -0.39 is 29.8 Å². The second-order valence-corrected chi connectivity index (χ2v) is 9.78. The molecule has 188 valence electrons. The largest absolute Gasteiger partial charge is 0.493 e. The second kappa shape index (κ2) is 10.4. The van der Waals surface area contributed by atoms with Crippen LogP contribution in [-0.4, -0.2) is 41.1 Å². The normalized spacial score (nSPS) is 16.2. The third-order valence-electron chi connectivity index (χ3n) is 6.01. The van der Waals surface area contributed by atoms with E-state index in [4.69, 9.17) is 32.7 Å². The van der Waals surface area contributed by atoms with Crippen LogP contribution in [0.3, 0.4) is 0 Å². The fourth-order valence-corrected chi connectivity index (χ4v) is 4.74. The molecule has 3 aromatic carbocycles. The second-order valence-electron chi connectivity index (χ2n) is 8.97. The average Bonchev–Trinajstić information content (AvgIpc) is 3.16. The zero-order valence-electron chi connectivity index (χ0n) is 19.7. The van der Waals surface area contributed by atoms with Gasteiger partial charge >= 0.3 is 5.97 Å². The van der Waals surface area contributed by atoms with Crippen molar-refractivity contribution in [2.75, 3.05) is 13.7 Å². The molecule has 0 radical (unpaired) electrons. The lowest BCUT2D eigenvalue weighted by atomic mass is 9.91. The summed E-state index contributed by atoms with van der Waals surface area (Å²) in [5, 5.41) is 9.91. The highest BCUT2D eigenvalue weighted by molar-refractivity contribution is 6.31. The molecule has 0 aromatic heterocycles.